The van der Waals surface area contributed by atoms with E-state index in [0.29, 0.717) is 13.2 Å². The lowest BCUT2D eigenvalue weighted by Crippen LogP contribution is -2.26. The van der Waals surface area contributed by atoms with Crippen molar-refractivity contribution in [3.63, 3.8) is 0 Å². The summed E-state index contributed by atoms with van der Waals surface area (Å²) >= 11 is 2.58. The van der Waals surface area contributed by atoms with Crippen LogP contribution in [0.2, 0.25) is 0 Å². The first kappa shape index (κ1) is 13.5. The van der Waals surface area contributed by atoms with Gasteiger partial charge in [-0.25, -0.2) is 0 Å². The molecule has 1 aliphatic heterocycles. The summed E-state index contributed by atoms with van der Waals surface area (Å²) < 4.78 is 40.6. The van der Waals surface area contributed by atoms with Gasteiger partial charge in [0, 0.05) is 19.4 Å². The molecule has 1 unspecified atom stereocenters. The highest BCUT2D eigenvalue weighted by atomic mass is 79.9. The number of hydrogen-bond donors (Lipinski definition) is 1. The smallest absolute Gasteiger partial charge is 0.387 e. The van der Waals surface area contributed by atoms with Crippen LogP contribution in [0.5, 0.6) is 0 Å². The number of Topliss-reactive ketones (excluding diaryl/α,β-unsaturated/α-hetero) is 1. The Kier molecular flexibility index (Phi) is 4.79. The molecule has 0 aliphatic carbocycles. The fourth-order valence-corrected chi connectivity index (χ4v) is 1.67. The summed E-state index contributed by atoms with van der Waals surface area (Å²) in [5.74, 6) is -1.90. The summed E-state index contributed by atoms with van der Waals surface area (Å²) in [4.78, 5) is 10.7. The minimum Gasteiger partial charge on any atom is -0.387 e. The molecule has 16 heavy (non-hydrogen) atoms. The zero-order chi connectivity index (χ0) is 12.2. The van der Waals surface area contributed by atoms with Crippen molar-refractivity contribution < 1.29 is 22.7 Å². The molecule has 1 N–H and O–H groups in total. The third-order valence-electron chi connectivity index (χ3n) is 2.07. The van der Waals surface area contributed by atoms with Crippen molar-refractivity contribution in [2.24, 2.45) is 0 Å². The number of ketones is 1. The van der Waals surface area contributed by atoms with E-state index in [-0.39, 0.29) is 6.10 Å². The van der Waals surface area contributed by atoms with Crippen LogP contribution in [0.25, 0.3) is 0 Å². The monoisotopic (exact) mass is 301 g/mol. The molecule has 1 fully saturated rings. The van der Waals surface area contributed by atoms with Gasteiger partial charge in [-0.05, 0) is 28.8 Å². The van der Waals surface area contributed by atoms with E-state index in [1.165, 1.54) is 0 Å². The molecule has 0 aromatic carbocycles. The molecule has 3 nitrogen and oxygen atoms in total. The van der Waals surface area contributed by atoms with Crippen LogP contribution >= 0.6 is 15.9 Å². The zero-order valence-corrected chi connectivity index (χ0v) is 9.90. The highest BCUT2D eigenvalue weighted by molar-refractivity contribution is 9.12. The van der Waals surface area contributed by atoms with Gasteiger partial charge in [-0.15, -0.1) is 0 Å². The maximum Gasteiger partial charge on any atom is 0.455 e. The molecule has 1 rings (SSSR count). The van der Waals surface area contributed by atoms with Crippen LogP contribution in [0.3, 0.4) is 0 Å². The van der Waals surface area contributed by atoms with Gasteiger partial charge in [0.05, 0.1) is 10.6 Å². The highest BCUT2D eigenvalue weighted by Gasteiger charge is 2.39. The van der Waals surface area contributed by atoms with Gasteiger partial charge in [0.25, 0.3) is 5.78 Å². The van der Waals surface area contributed by atoms with E-state index in [1.54, 1.807) is 0 Å². The predicted octanol–water partition coefficient (Wildman–Crippen LogP) is 2.12. The largest absolute Gasteiger partial charge is 0.455 e. The van der Waals surface area contributed by atoms with Gasteiger partial charge in [0.15, 0.2) is 0 Å². The Balaban J connectivity index is 2.35. The first-order valence-electron chi connectivity index (χ1n) is 4.73. The van der Waals surface area contributed by atoms with Crippen molar-refractivity contribution in [2.75, 3.05) is 13.2 Å². The fourth-order valence-electron chi connectivity index (χ4n) is 1.29. The van der Waals surface area contributed by atoms with Gasteiger partial charge in [0.1, 0.15) is 0 Å². The van der Waals surface area contributed by atoms with Crippen LogP contribution < -0.4 is 5.32 Å². The summed E-state index contributed by atoms with van der Waals surface area (Å²) in [6, 6.07) is 0. The van der Waals surface area contributed by atoms with Gasteiger partial charge in [-0.2, -0.15) is 13.2 Å². The lowest BCUT2D eigenvalue weighted by atomic mass is 10.2. The quantitative estimate of drug-likeness (QED) is 0.809. The predicted molar refractivity (Wildman–Crippen MR) is 55.0 cm³/mol. The molecule has 1 heterocycles. The van der Waals surface area contributed by atoms with Crippen LogP contribution in [-0.4, -0.2) is 31.2 Å². The maximum absolute atomic E-state index is 12.0. The highest BCUT2D eigenvalue weighted by Crippen LogP contribution is 2.23. The zero-order valence-electron chi connectivity index (χ0n) is 8.31. The van der Waals surface area contributed by atoms with Crippen molar-refractivity contribution in [1.29, 1.82) is 0 Å². The number of carbonyl (C=O) groups excluding carboxylic acids is 1. The Morgan fingerprint density at radius 1 is 1.56 bits per heavy atom. The van der Waals surface area contributed by atoms with E-state index in [1.807, 2.05) is 0 Å². The Hall–Kier alpha value is -0.560. The molecule has 1 saturated heterocycles. The lowest BCUT2D eigenvalue weighted by Gasteiger charge is -2.09. The van der Waals surface area contributed by atoms with E-state index in [4.69, 9.17) is 4.74 Å². The number of rotatable bonds is 4. The van der Waals surface area contributed by atoms with E-state index in [0.717, 1.165) is 19.0 Å². The lowest BCUT2D eigenvalue weighted by molar-refractivity contribution is -0.165. The molecule has 0 amide bonds. The van der Waals surface area contributed by atoms with Crippen LogP contribution in [-0.2, 0) is 9.53 Å². The normalized spacial score (nSPS) is 22.2. The van der Waals surface area contributed by atoms with E-state index in [9.17, 15) is 18.0 Å². The van der Waals surface area contributed by atoms with Crippen molar-refractivity contribution in [3.05, 3.63) is 10.7 Å². The molecule has 0 spiro atoms. The maximum atomic E-state index is 12.0. The summed E-state index contributed by atoms with van der Waals surface area (Å²) in [6.07, 6.45) is -1.99. The molecular formula is C9H11BrF3NO2. The van der Waals surface area contributed by atoms with Crippen LogP contribution in [0.15, 0.2) is 10.7 Å². The molecule has 1 aliphatic rings. The van der Waals surface area contributed by atoms with Gasteiger partial charge >= 0.3 is 6.18 Å². The van der Waals surface area contributed by atoms with Crippen LogP contribution in [0, 0.1) is 0 Å². The molecule has 1 atom stereocenters. The number of carbonyl (C=O) groups is 1. The summed E-state index contributed by atoms with van der Waals surface area (Å²) in [5.41, 5.74) is 0. The van der Waals surface area contributed by atoms with E-state index in [2.05, 4.69) is 21.2 Å². The van der Waals surface area contributed by atoms with Crippen molar-refractivity contribution in [3.8, 4) is 0 Å². The van der Waals surface area contributed by atoms with Crippen LogP contribution in [0.1, 0.15) is 12.8 Å². The number of ether oxygens (including phenoxy) is 1. The first-order chi connectivity index (χ1) is 7.41. The fraction of sp³-hybridized carbons (Fsp3) is 0.667. The van der Waals surface area contributed by atoms with Gasteiger partial charge in [-0.3, -0.25) is 4.79 Å². The van der Waals surface area contributed by atoms with Gasteiger partial charge < -0.3 is 10.1 Å². The number of alkyl halides is 3. The number of allylic oxidation sites excluding steroid dienone is 1. The summed E-state index contributed by atoms with van der Waals surface area (Å²) in [5, 5.41) is 2.63. The Bertz CT molecular complexity index is 285. The number of nitrogens with one attached hydrogen (secondary N) is 1. The molecule has 0 bridgehead atoms. The molecule has 0 aromatic rings. The van der Waals surface area contributed by atoms with E-state index >= 15 is 0 Å². The molecule has 7 heteroatoms. The number of hydrogen-bond acceptors (Lipinski definition) is 3. The second-order valence-electron chi connectivity index (χ2n) is 3.36. The average Bonchev–Trinajstić information content (AvgIpc) is 2.67. The van der Waals surface area contributed by atoms with Crippen molar-refractivity contribution >= 4 is 21.7 Å². The molecule has 0 aromatic heterocycles. The summed E-state index contributed by atoms with van der Waals surface area (Å²) in [6.45, 7) is 1.08. The average molecular weight is 302 g/mol. The Morgan fingerprint density at radius 2 is 2.25 bits per heavy atom. The molecular weight excluding hydrogens is 291 g/mol. The number of halogens is 4. The van der Waals surface area contributed by atoms with Crippen LogP contribution in [0.4, 0.5) is 13.2 Å². The standard InChI is InChI=1S/C9H11BrF3NO2/c10-7(8(15)9(11,12)13)5-14-4-6-2-1-3-16-6/h5-6,14H,1-4H2. The second kappa shape index (κ2) is 5.67. The Labute approximate surface area is 99.2 Å². The molecule has 0 saturated carbocycles. The minimum atomic E-state index is -4.85. The van der Waals surface area contributed by atoms with Gasteiger partial charge in [0.2, 0.25) is 0 Å². The molecule has 92 valence electrons. The van der Waals surface area contributed by atoms with Crippen molar-refractivity contribution in [2.45, 2.75) is 25.1 Å². The third-order valence-corrected chi connectivity index (χ3v) is 2.66. The third kappa shape index (κ3) is 4.13. The SMILES string of the molecule is O=C(C(Br)=CNCC1CCCO1)C(F)(F)F. The molecule has 0 radical (unpaired) electrons. The minimum absolute atomic E-state index is 0.0116. The topological polar surface area (TPSA) is 38.3 Å². The summed E-state index contributed by atoms with van der Waals surface area (Å²) in [7, 11) is 0. The van der Waals surface area contributed by atoms with Crippen molar-refractivity contribution in [1.82, 2.24) is 5.32 Å². The first-order valence-corrected chi connectivity index (χ1v) is 5.52. The van der Waals surface area contributed by atoms with Gasteiger partial charge in [-0.1, -0.05) is 0 Å². The van der Waals surface area contributed by atoms with E-state index < -0.39 is 16.4 Å². The Morgan fingerprint density at radius 3 is 2.75 bits per heavy atom. The second-order valence-corrected chi connectivity index (χ2v) is 4.22.